The molecule has 0 unspecified atom stereocenters. The summed E-state index contributed by atoms with van der Waals surface area (Å²) in [5.41, 5.74) is 1.03. The van der Waals surface area contributed by atoms with Crippen LogP contribution >= 0.6 is 23.4 Å². The maximum Gasteiger partial charge on any atom is 0.130 e. The Bertz CT molecular complexity index is 471. The molecule has 16 heavy (non-hydrogen) atoms. The zero-order valence-electron chi connectivity index (χ0n) is 8.77. The van der Waals surface area contributed by atoms with E-state index >= 15 is 0 Å². The zero-order valence-corrected chi connectivity index (χ0v) is 10.3. The highest BCUT2D eigenvalue weighted by molar-refractivity contribution is 7.98. The first-order valence-corrected chi connectivity index (χ1v) is 6.41. The fraction of sp³-hybridized carbons (Fsp3) is 0.0833. The summed E-state index contributed by atoms with van der Waals surface area (Å²) < 4.78 is 0. The van der Waals surface area contributed by atoms with Crippen LogP contribution in [0.15, 0.2) is 47.5 Å². The lowest BCUT2D eigenvalue weighted by atomic mass is 10.3. The smallest absolute Gasteiger partial charge is 0.130 e. The Hall–Kier alpha value is -1.19. The van der Waals surface area contributed by atoms with E-state index in [4.69, 9.17) is 11.6 Å². The van der Waals surface area contributed by atoms with Crippen molar-refractivity contribution in [3.63, 3.8) is 0 Å². The summed E-state index contributed by atoms with van der Waals surface area (Å²) in [4.78, 5) is 5.40. The van der Waals surface area contributed by atoms with Gasteiger partial charge in [-0.2, -0.15) is 0 Å². The third-order valence-electron chi connectivity index (χ3n) is 2.07. The van der Waals surface area contributed by atoms with Crippen molar-refractivity contribution < 1.29 is 0 Å². The van der Waals surface area contributed by atoms with Gasteiger partial charge in [-0.1, -0.05) is 17.7 Å². The van der Waals surface area contributed by atoms with Crippen LogP contribution in [0.3, 0.4) is 0 Å². The second-order valence-electron chi connectivity index (χ2n) is 3.22. The second kappa shape index (κ2) is 5.23. The molecule has 1 heterocycles. The minimum Gasteiger partial charge on any atom is -0.340 e. The number of thioether (sulfide) groups is 1. The quantitative estimate of drug-likeness (QED) is 0.827. The third-order valence-corrected chi connectivity index (χ3v) is 3.02. The van der Waals surface area contributed by atoms with Gasteiger partial charge in [-0.25, -0.2) is 4.98 Å². The van der Waals surface area contributed by atoms with E-state index in [1.54, 1.807) is 18.0 Å². The van der Waals surface area contributed by atoms with Crippen LogP contribution in [0.5, 0.6) is 0 Å². The largest absolute Gasteiger partial charge is 0.340 e. The molecule has 0 aliphatic carbocycles. The van der Waals surface area contributed by atoms with Crippen molar-refractivity contribution in [1.29, 1.82) is 0 Å². The molecule has 2 rings (SSSR count). The average Bonchev–Trinajstić information content (AvgIpc) is 2.32. The van der Waals surface area contributed by atoms with Gasteiger partial charge in [0.25, 0.3) is 0 Å². The van der Waals surface area contributed by atoms with E-state index in [1.165, 1.54) is 4.90 Å². The molecule has 0 spiro atoms. The molecular weight excluding hydrogens is 240 g/mol. The van der Waals surface area contributed by atoms with Gasteiger partial charge in [0.15, 0.2) is 0 Å². The number of pyridine rings is 1. The van der Waals surface area contributed by atoms with Gasteiger partial charge in [0.2, 0.25) is 0 Å². The first-order valence-electron chi connectivity index (χ1n) is 4.80. The van der Waals surface area contributed by atoms with Crippen LogP contribution in [0.4, 0.5) is 11.5 Å². The molecule has 0 amide bonds. The molecule has 2 nitrogen and oxygen atoms in total. The summed E-state index contributed by atoms with van der Waals surface area (Å²) in [6.07, 6.45) is 3.68. The zero-order chi connectivity index (χ0) is 11.4. The number of anilines is 2. The maximum atomic E-state index is 5.77. The Morgan fingerprint density at radius 2 is 2.12 bits per heavy atom. The summed E-state index contributed by atoms with van der Waals surface area (Å²) in [5, 5.41) is 3.86. The Morgan fingerprint density at radius 1 is 1.25 bits per heavy atom. The van der Waals surface area contributed by atoms with Gasteiger partial charge in [0.05, 0.1) is 5.02 Å². The fourth-order valence-corrected chi connectivity index (χ4v) is 1.87. The van der Waals surface area contributed by atoms with E-state index in [1.807, 2.05) is 24.3 Å². The molecule has 4 heteroatoms. The number of aromatic nitrogens is 1. The van der Waals surface area contributed by atoms with Gasteiger partial charge in [-0.15, -0.1) is 11.8 Å². The Balaban J connectivity index is 2.16. The highest BCUT2D eigenvalue weighted by atomic mass is 35.5. The van der Waals surface area contributed by atoms with Crippen LogP contribution in [-0.2, 0) is 0 Å². The van der Waals surface area contributed by atoms with Crippen LogP contribution in [0, 0.1) is 0 Å². The van der Waals surface area contributed by atoms with E-state index < -0.39 is 0 Å². The minimum absolute atomic E-state index is 0.642. The van der Waals surface area contributed by atoms with Crippen LogP contribution in [0.2, 0.25) is 5.02 Å². The summed E-state index contributed by atoms with van der Waals surface area (Å²) in [6.45, 7) is 0. The van der Waals surface area contributed by atoms with E-state index in [2.05, 4.69) is 28.7 Å². The topological polar surface area (TPSA) is 24.9 Å². The van der Waals surface area contributed by atoms with E-state index in [0.717, 1.165) is 11.5 Å². The number of rotatable bonds is 3. The number of nitrogens with zero attached hydrogens (tertiary/aromatic N) is 1. The van der Waals surface area contributed by atoms with Crippen LogP contribution < -0.4 is 5.32 Å². The van der Waals surface area contributed by atoms with Crippen molar-refractivity contribution in [2.24, 2.45) is 0 Å². The molecule has 0 radical (unpaired) electrons. The molecule has 1 aromatic heterocycles. The third kappa shape index (κ3) is 2.90. The van der Waals surface area contributed by atoms with Gasteiger partial charge in [-0.05, 0) is 36.6 Å². The maximum absolute atomic E-state index is 5.77. The number of halogens is 1. The van der Waals surface area contributed by atoms with Crippen molar-refractivity contribution in [2.75, 3.05) is 11.6 Å². The van der Waals surface area contributed by atoms with E-state index in [0.29, 0.717) is 5.02 Å². The lowest BCUT2D eigenvalue weighted by Gasteiger charge is -2.06. The highest BCUT2D eigenvalue weighted by Crippen LogP contribution is 2.21. The first-order chi connectivity index (χ1) is 7.78. The van der Waals surface area contributed by atoms with Crippen LogP contribution in [0.25, 0.3) is 0 Å². The minimum atomic E-state index is 0.642. The molecular formula is C12H11ClN2S. The summed E-state index contributed by atoms with van der Waals surface area (Å²) in [7, 11) is 0. The summed E-state index contributed by atoms with van der Waals surface area (Å²) in [6, 6.07) is 11.9. The number of benzene rings is 1. The van der Waals surface area contributed by atoms with Gasteiger partial charge >= 0.3 is 0 Å². The average molecular weight is 251 g/mol. The standard InChI is InChI=1S/C12H11ClN2S/c1-16-11-4-2-3-10(7-11)15-12-6-5-9(13)8-14-12/h2-8H,1H3,(H,14,15). The van der Waals surface area contributed by atoms with Crippen molar-refractivity contribution in [3.05, 3.63) is 47.6 Å². The Kier molecular flexibility index (Phi) is 3.70. The molecule has 2 aromatic rings. The van der Waals surface area contributed by atoms with Crippen molar-refractivity contribution in [1.82, 2.24) is 4.98 Å². The number of hydrogen-bond donors (Lipinski definition) is 1. The van der Waals surface area contributed by atoms with Crippen LogP contribution in [-0.4, -0.2) is 11.2 Å². The molecule has 0 aliphatic heterocycles. The molecule has 1 aromatic carbocycles. The van der Waals surface area contributed by atoms with E-state index in [-0.39, 0.29) is 0 Å². The first kappa shape index (κ1) is 11.3. The van der Waals surface area contributed by atoms with Crippen LogP contribution in [0.1, 0.15) is 0 Å². The number of hydrogen-bond acceptors (Lipinski definition) is 3. The normalized spacial score (nSPS) is 10.1. The fourth-order valence-electron chi connectivity index (χ4n) is 1.30. The molecule has 0 saturated carbocycles. The Labute approximate surface area is 104 Å². The number of nitrogens with one attached hydrogen (secondary N) is 1. The van der Waals surface area contributed by atoms with Gasteiger partial charge in [0, 0.05) is 16.8 Å². The molecule has 82 valence electrons. The predicted molar refractivity (Wildman–Crippen MR) is 70.8 cm³/mol. The monoisotopic (exact) mass is 250 g/mol. The SMILES string of the molecule is CSc1cccc(Nc2ccc(Cl)cn2)c1. The van der Waals surface area contributed by atoms with E-state index in [9.17, 15) is 0 Å². The van der Waals surface area contributed by atoms with Gasteiger partial charge in [0.1, 0.15) is 5.82 Å². The molecule has 0 atom stereocenters. The molecule has 0 fully saturated rings. The Morgan fingerprint density at radius 3 is 2.81 bits per heavy atom. The summed E-state index contributed by atoms with van der Waals surface area (Å²) in [5.74, 6) is 0.794. The van der Waals surface area contributed by atoms with Crippen molar-refractivity contribution in [3.8, 4) is 0 Å². The second-order valence-corrected chi connectivity index (χ2v) is 4.53. The molecule has 0 saturated heterocycles. The van der Waals surface area contributed by atoms with Crippen molar-refractivity contribution in [2.45, 2.75) is 4.90 Å². The lowest BCUT2D eigenvalue weighted by molar-refractivity contribution is 1.30. The molecule has 0 bridgehead atoms. The van der Waals surface area contributed by atoms with Gasteiger partial charge < -0.3 is 5.32 Å². The predicted octanol–water partition coefficient (Wildman–Crippen LogP) is 4.20. The van der Waals surface area contributed by atoms with Crippen molar-refractivity contribution >= 4 is 34.9 Å². The lowest BCUT2D eigenvalue weighted by Crippen LogP contribution is -1.92. The summed E-state index contributed by atoms with van der Waals surface area (Å²) >= 11 is 7.48. The highest BCUT2D eigenvalue weighted by Gasteiger charge is 1.97. The van der Waals surface area contributed by atoms with Gasteiger partial charge in [-0.3, -0.25) is 0 Å². The molecule has 1 N–H and O–H groups in total. The molecule has 0 aliphatic rings.